The molecule has 94 valence electrons. The lowest BCUT2D eigenvalue weighted by Crippen LogP contribution is -2.42. The molecular weight excluding hydrogens is 219 g/mol. The first-order chi connectivity index (χ1) is 8.20. The molecular formula is C13H19FN2O. The molecule has 0 aromatic heterocycles. The molecule has 0 bridgehead atoms. The molecule has 1 aliphatic rings. The van der Waals surface area contributed by atoms with Gasteiger partial charge in [-0.2, -0.15) is 0 Å². The Hall–Kier alpha value is -0.970. The van der Waals surface area contributed by atoms with Gasteiger partial charge in [0.15, 0.2) is 0 Å². The fourth-order valence-electron chi connectivity index (χ4n) is 2.36. The molecule has 1 fully saturated rings. The lowest BCUT2D eigenvalue weighted by Gasteiger charge is -2.22. The highest BCUT2D eigenvalue weighted by Crippen LogP contribution is 2.21. The molecule has 1 aromatic rings. The van der Waals surface area contributed by atoms with Crippen molar-refractivity contribution in [1.29, 1.82) is 0 Å². The first-order valence-electron chi connectivity index (χ1n) is 5.99. The van der Waals surface area contributed by atoms with Crippen LogP contribution in [0.3, 0.4) is 0 Å². The summed E-state index contributed by atoms with van der Waals surface area (Å²) in [6, 6.07) is 5.10. The number of nitrogens with two attached hydrogens (primary N) is 1. The van der Waals surface area contributed by atoms with E-state index in [9.17, 15) is 4.39 Å². The van der Waals surface area contributed by atoms with Crippen molar-refractivity contribution in [3.05, 3.63) is 35.1 Å². The van der Waals surface area contributed by atoms with E-state index >= 15 is 0 Å². The molecule has 1 aromatic carbocycles. The Morgan fingerprint density at radius 2 is 2.41 bits per heavy atom. The summed E-state index contributed by atoms with van der Waals surface area (Å²) >= 11 is 0. The molecule has 0 aliphatic carbocycles. The minimum atomic E-state index is -0.187. The van der Waals surface area contributed by atoms with Crippen LogP contribution in [0.15, 0.2) is 18.2 Å². The zero-order valence-corrected chi connectivity index (χ0v) is 10.1. The lowest BCUT2D eigenvalue weighted by atomic mass is 9.91. The van der Waals surface area contributed by atoms with E-state index in [2.05, 4.69) is 5.43 Å². The first-order valence-corrected chi connectivity index (χ1v) is 5.99. The molecule has 1 saturated heterocycles. The van der Waals surface area contributed by atoms with E-state index in [1.165, 1.54) is 6.07 Å². The molecule has 17 heavy (non-hydrogen) atoms. The Bertz CT molecular complexity index is 378. The topological polar surface area (TPSA) is 47.3 Å². The largest absolute Gasteiger partial charge is 0.381 e. The number of hydrogen-bond donors (Lipinski definition) is 2. The van der Waals surface area contributed by atoms with E-state index in [1.807, 2.05) is 13.0 Å². The van der Waals surface area contributed by atoms with Crippen LogP contribution in [0.1, 0.15) is 17.5 Å². The Morgan fingerprint density at radius 3 is 3.00 bits per heavy atom. The van der Waals surface area contributed by atoms with E-state index in [-0.39, 0.29) is 11.9 Å². The summed E-state index contributed by atoms with van der Waals surface area (Å²) in [4.78, 5) is 0. The second-order valence-corrected chi connectivity index (χ2v) is 4.67. The van der Waals surface area contributed by atoms with Gasteiger partial charge < -0.3 is 4.74 Å². The molecule has 1 heterocycles. The second kappa shape index (κ2) is 5.58. The zero-order valence-electron chi connectivity index (χ0n) is 10.1. The third-order valence-electron chi connectivity index (χ3n) is 3.49. The average molecular weight is 238 g/mol. The molecule has 0 spiro atoms. The average Bonchev–Trinajstić information content (AvgIpc) is 2.81. The molecule has 3 N–H and O–H groups in total. The molecule has 0 saturated carbocycles. The van der Waals surface area contributed by atoms with Crippen LogP contribution in [0.2, 0.25) is 0 Å². The Labute approximate surface area is 101 Å². The summed E-state index contributed by atoms with van der Waals surface area (Å²) < 4.78 is 18.4. The summed E-state index contributed by atoms with van der Waals surface area (Å²) in [7, 11) is 0. The standard InChI is InChI=1S/C13H19FN2O/c1-9-6-12(14)3-2-10(9)7-13(16-15)11-4-5-17-8-11/h2-3,6,11,13,16H,4-5,7-8,15H2,1H3. The number of ether oxygens (including phenoxy) is 1. The summed E-state index contributed by atoms with van der Waals surface area (Å²) in [6.07, 6.45) is 1.85. The fourth-order valence-corrected chi connectivity index (χ4v) is 2.36. The number of nitrogens with one attached hydrogen (secondary N) is 1. The van der Waals surface area contributed by atoms with Crippen molar-refractivity contribution in [2.75, 3.05) is 13.2 Å². The Balaban J connectivity index is 2.06. The molecule has 2 atom stereocenters. The van der Waals surface area contributed by atoms with Crippen LogP contribution in [0.25, 0.3) is 0 Å². The van der Waals surface area contributed by atoms with Gasteiger partial charge in [-0.1, -0.05) is 6.07 Å². The van der Waals surface area contributed by atoms with E-state index < -0.39 is 0 Å². The number of hydrogen-bond acceptors (Lipinski definition) is 3. The van der Waals surface area contributed by atoms with Gasteiger partial charge in [-0.25, -0.2) is 4.39 Å². The zero-order chi connectivity index (χ0) is 12.3. The van der Waals surface area contributed by atoms with E-state index in [0.717, 1.165) is 37.2 Å². The number of halogens is 1. The predicted octanol–water partition coefficient (Wildman–Crippen LogP) is 1.55. The Morgan fingerprint density at radius 1 is 1.59 bits per heavy atom. The van der Waals surface area contributed by atoms with Gasteiger partial charge in [-0.15, -0.1) is 0 Å². The lowest BCUT2D eigenvalue weighted by molar-refractivity contribution is 0.176. The smallest absolute Gasteiger partial charge is 0.123 e. The van der Waals surface area contributed by atoms with Crippen molar-refractivity contribution in [2.24, 2.45) is 11.8 Å². The summed E-state index contributed by atoms with van der Waals surface area (Å²) in [5.74, 6) is 5.86. The van der Waals surface area contributed by atoms with Crippen LogP contribution in [-0.2, 0) is 11.2 Å². The van der Waals surface area contributed by atoms with Crippen LogP contribution < -0.4 is 11.3 Å². The van der Waals surface area contributed by atoms with Gasteiger partial charge in [-0.3, -0.25) is 11.3 Å². The van der Waals surface area contributed by atoms with Crippen LogP contribution in [-0.4, -0.2) is 19.3 Å². The van der Waals surface area contributed by atoms with E-state index in [4.69, 9.17) is 10.6 Å². The maximum atomic E-state index is 13.0. The quantitative estimate of drug-likeness (QED) is 0.618. The van der Waals surface area contributed by atoms with Crippen molar-refractivity contribution >= 4 is 0 Å². The summed E-state index contributed by atoms with van der Waals surface area (Å²) in [5, 5.41) is 0. The monoisotopic (exact) mass is 238 g/mol. The van der Waals surface area contributed by atoms with Gasteiger partial charge in [0.05, 0.1) is 6.61 Å². The fraction of sp³-hybridized carbons (Fsp3) is 0.538. The molecule has 2 unspecified atom stereocenters. The molecule has 0 radical (unpaired) electrons. The Kier molecular flexibility index (Phi) is 4.10. The van der Waals surface area contributed by atoms with Crippen molar-refractivity contribution < 1.29 is 9.13 Å². The molecule has 2 rings (SSSR count). The molecule has 1 aliphatic heterocycles. The molecule has 0 amide bonds. The van der Waals surface area contributed by atoms with Crippen molar-refractivity contribution in [2.45, 2.75) is 25.8 Å². The van der Waals surface area contributed by atoms with E-state index in [1.54, 1.807) is 6.07 Å². The van der Waals surface area contributed by atoms with Gasteiger partial charge in [0.1, 0.15) is 5.82 Å². The summed E-state index contributed by atoms with van der Waals surface area (Å²) in [6.45, 7) is 3.50. The molecule has 4 heteroatoms. The van der Waals surface area contributed by atoms with Gasteiger partial charge in [0, 0.05) is 18.6 Å². The van der Waals surface area contributed by atoms with Crippen molar-refractivity contribution in [3.63, 3.8) is 0 Å². The SMILES string of the molecule is Cc1cc(F)ccc1CC(NN)C1CCOC1. The van der Waals surface area contributed by atoms with Gasteiger partial charge >= 0.3 is 0 Å². The van der Waals surface area contributed by atoms with Gasteiger partial charge in [-0.05, 0) is 43.0 Å². The minimum Gasteiger partial charge on any atom is -0.381 e. The van der Waals surface area contributed by atoms with Crippen molar-refractivity contribution in [3.8, 4) is 0 Å². The third-order valence-corrected chi connectivity index (χ3v) is 3.49. The number of aryl methyl sites for hydroxylation is 1. The van der Waals surface area contributed by atoms with Crippen LogP contribution in [0, 0.1) is 18.7 Å². The van der Waals surface area contributed by atoms with Gasteiger partial charge in [0.25, 0.3) is 0 Å². The highest BCUT2D eigenvalue weighted by Gasteiger charge is 2.25. The van der Waals surface area contributed by atoms with E-state index in [0.29, 0.717) is 5.92 Å². The third kappa shape index (κ3) is 3.03. The first kappa shape index (κ1) is 12.5. The predicted molar refractivity (Wildman–Crippen MR) is 64.9 cm³/mol. The number of hydrazine groups is 1. The van der Waals surface area contributed by atoms with Crippen LogP contribution in [0.5, 0.6) is 0 Å². The molecule has 3 nitrogen and oxygen atoms in total. The number of benzene rings is 1. The second-order valence-electron chi connectivity index (χ2n) is 4.67. The summed E-state index contributed by atoms with van der Waals surface area (Å²) in [5.41, 5.74) is 4.98. The van der Waals surface area contributed by atoms with Gasteiger partial charge in [0.2, 0.25) is 0 Å². The normalized spacial score (nSPS) is 21.7. The highest BCUT2D eigenvalue weighted by atomic mass is 19.1. The minimum absolute atomic E-state index is 0.187. The maximum absolute atomic E-state index is 13.0. The number of rotatable bonds is 4. The van der Waals surface area contributed by atoms with Crippen LogP contribution >= 0.6 is 0 Å². The maximum Gasteiger partial charge on any atom is 0.123 e. The highest BCUT2D eigenvalue weighted by molar-refractivity contribution is 5.27. The van der Waals surface area contributed by atoms with Crippen molar-refractivity contribution in [1.82, 2.24) is 5.43 Å². The van der Waals surface area contributed by atoms with Crippen LogP contribution in [0.4, 0.5) is 4.39 Å².